The van der Waals surface area contributed by atoms with Crippen LogP contribution in [-0.4, -0.2) is 17.6 Å². The number of rotatable bonds is 4. The second kappa shape index (κ2) is 7.87. The minimum absolute atomic E-state index is 0.124. The molecule has 0 saturated carbocycles. The number of thiocarbonyl (C=S) groups is 1. The standard InChI is InChI=1S/C21H25N3OS/c1-14-7-4-5-8-18(14)16(3)22-21(26)23-17-10-11-19(15(2)13-17)24-12-6-9-20(24)25/h4-5,7-8,10-11,13,16H,6,9,12H2,1-3H3,(H2,22,23,26)/t16-/m1/s1. The average Bonchev–Trinajstić information content (AvgIpc) is 3.01. The molecule has 0 bridgehead atoms. The predicted octanol–water partition coefficient (Wildman–Crippen LogP) is 4.48. The lowest BCUT2D eigenvalue weighted by Crippen LogP contribution is -2.31. The van der Waals surface area contributed by atoms with Crippen LogP contribution in [-0.2, 0) is 4.79 Å². The zero-order chi connectivity index (χ0) is 18.7. The van der Waals surface area contributed by atoms with Gasteiger partial charge in [-0.05, 0) is 74.3 Å². The minimum atomic E-state index is 0.124. The van der Waals surface area contributed by atoms with Crippen LogP contribution in [0.15, 0.2) is 42.5 Å². The number of anilines is 2. The van der Waals surface area contributed by atoms with Crippen molar-refractivity contribution in [3.8, 4) is 0 Å². The van der Waals surface area contributed by atoms with Crippen molar-refractivity contribution in [1.29, 1.82) is 0 Å². The Morgan fingerprint density at radius 3 is 2.58 bits per heavy atom. The summed E-state index contributed by atoms with van der Waals surface area (Å²) in [5, 5.41) is 7.17. The average molecular weight is 368 g/mol. The summed E-state index contributed by atoms with van der Waals surface area (Å²) >= 11 is 5.47. The molecule has 5 heteroatoms. The van der Waals surface area contributed by atoms with Crippen LogP contribution >= 0.6 is 12.2 Å². The molecule has 2 aromatic rings. The maximum atomic E-state index is 12.0. The Morgan fingerprint density at radius 2 is 1.92 bits per heavy atom. The Morgan fingerprint density at radius 1 is 1.15 bits per heavy atom. The van der Waals surface area contributed by atoms with E-state index in [4.69, 9.17) is 12.2 Å². The van der Waals surface area contributed by atoms with Crippen LogP contribution in [0.1, 0.15) is 42.5 Å². The first-order valence-corrected chi connectivity index (χ1v) is 9.40. The van der Waals surface area contributed by atoms with Gasteiger partial charge in [0, 0.05) is 24.3 Å². The summed E-state index contributed by atoms with van der Waals surface area (Å²) in [6, 6.07) is 14.4. The molecule has 1 amide bonds. The summed E-state index contributed by atoms with van der Waals surface area (Å²) in [7, 11) is 0. The second-order valence-corrected chi connectivity index (χ2v) is 7.24. The summed E-state index contributed by atoms with van der Waals surface area (Å²) in [6.45, 7) is 7.04. The second-order valence-electron chi connectivity index (χ2n) is 6.83. The molecule has 1 aliphatic heterocycles. The Balaban J connectivity index is 1.65. The molecule has 1 heterocycles. The van der Waals surface area contributed by atoms with Crippen molar-refractivity contribution in [3.05, 3.63) is 59.2 Å². The molecule has 0 unspecified atom stereocenters. The first-order chi connectivity index (χ1) is 12.5. The van der Waals surface area contributed by atoms with Gasteiger partial charge in [-0.3, -0.25) is 4.79 Å². The van der Waals surface area contributed by atoms with E-state index in [0.717, 1.165) is 29.9 Å². The fourth-order valence-corrected chi connectivity index (χ4v) is 3.75. The van der Waals surface area contributed by atoms with E-state index in [-0.39, 0.29) is 11.9 Å². The summed E-state index contributed by atoms with van der Waals surface area (Å²) in [6.07, 6.45) is 1.58. The molecule has 4 nitrogen and oxygen atoms in total. The third kappa shape index (κ3) is 4.05. The smallest absolute Gasteiger partial charge is 0.227 e. The third-order valence-corrected chi connectivity index (χ3v) is 5.04. The van der Waals surface area contributed by atoms with Gasteiger partial charge in [0.15, 0.2) is 5.11 Å². The normalized spacial score (nSPS) is 15.0. The Labute approximate surface area is 160 Å². The van der Waals surface area contributed by atoms with Crippen LogP contribution in [0.2, 0.25) is 0 Å². The lowest BCUT2D eigenvalue weighted by atomic mass is 10.0. The number of carbonyl (C=O) groups is 1. The van der Waals surface area contributed by atoms with Crippen molar-refractivity contribution < 1.29 is 4.79 Å². The molecule has 0 spiro atoms. The van der Waals surface area contributed by atoms with Crippen LogP contribution in [0, 0.1) is 13.8 Å². The van der Waals surface area contributed by atoms with E-state index >= 15 is 0 Å². The molecule has 2 aromatic carbocycles. The Kier molecular flexibility index (Phi) is 5.57. The Bertz CT molecular complexity index is 834. The zero-order valence-electron chi connectivity index (χ0n) is 15.5. The van der Waals surface area contributed by atoms with Crippen LogP contribution < -0.4 is 15.5 Å². The lowest BCUT2D eigenvalue weighted by Gasteiger charge is -2.21. The van der Waals surface area contributed by atoms with Gasteiger partial charge in [0.2, 0.25) is 5.91 Å². The van der Waals surface area contributed by atoms with Crippen LogP contribution in [0.25, 0.3) is 0 Å². The van der Waals surface area contributed by atoms with Gasteiger partial charge in [0.05, 0.1) is 6.04 Å². The molecule has 1 aliphatic rings. The van der Waals surface area contributed by atoms with Gasteiger partial charge in [-0.2, -0.15) is 0 Å². The molecule has 136 valence electrons. The van der Waals surface area contributed by atoms with E-state index in [2.05, 4.69) is 36.6 Å². The highest BCUT2D eigenvalue weighted by Crippen LogP contribution is 2.27. The largest absolute Gasteiger partial charge is 0.356 e. The summed E-state index contributed by atoms with van der Waals surface area (Å²) in [5.74, 6) is 0.207. The Hall–Kier alpha value is -2.40. The molecule has 0 radical (unpaired) electrons. The molecule has 3 rings (SSSR count). The SMILES string of the molecule is Cc1ccccc1[C@@H](C)NC(=S)Nc1ccc(N2CCCC2=O)c(C)c1. The minimum Gasteiger partial charge on any atom is -0.356 e. The van der Waals surface area contributed by atoms with Gasteiger partial charge in [0.1, 0.15) is 0 Å². The maximum absolute atomic E-state index is 12.0. The number of nitrogens with one attached hydrogen (secondary N) is 2. The van der Waals surface area contributed by atoms with Crippen LogP contribution in [0.5, 0.6) is 0 Å². The fraction of sp³-hybridized carbons (Fsp3) is 0.333. The number of amides is 1. The highest BCUT2D eigenvalue weighted by molar-refractivity contribution is 7.80. The molecule has 2 N–H and O–H groups in total. The van der Waals surface area contributed by atoms with Gasteiger partial charge < -0.3 is 15.5 Å². The van der Waals surface area contributed by atoms with Crippen molar-refractivity contribution >= 4 is 34.6 Å². The van der Waals surface area contributed by atoms with Gasteiger partial charge in [-0.15, -0.1) is 0 Å². The summed E-state index contributed by atoms with van der Waals surface area (Å²) in [5.41, 5.74) is 5.46. The van der Waals surface area contributed by atoms with Gasteiger partial charge in [-0.1, -0.05) is 24.3 Å². The van der Waals surface area contributed by atoms with Crippen LogP contribution in [0.4, 0.5) is 11.4 Å². The van der Waals surface area contributed by atoms with E-state index in [1.807, 2.05) is 42.2 Å². The molecular weight excluding hydrogens is 342 g/mol. The van der Waals surface area contributed by atoms with E-state index in [1.165, 1.54) is 11.1 Å². The van der Waals surface area contributed by atoms with Gasteiger partial charge in [-0.25, -0.2) is 0 Å². The molecule has 0 aliphatic carbocycles. The van der Waals surface area contributed by atoms with Crippen molar-refractivity contribution in [2.45, 2.75) is 39.7 Å². The first-order valence-electron chi connectivity index (χ1n) is 9.00. The van der Waals surface area contributed by atoms with E-state index in [1.54, 1.807) is 0 Å². The summed E-state index contributed by atoms with van der Waals surface area (Å²) < 4.78 is 0. The third-order valence-electron chi connectivity index (χ3n) is 4.82. The fourth-order valence-electron chi connectivity index (χ4n) is 3.45. The molecule has 1 atom stereocenters. The number of aryl methyl sites for hydroxylation is 2. The number of hydrogen-bond donors (Lipinski definition) is 2. The first kappa shape index (κ1) is 18.4. The highest BCUT2D eigenvalue weighted by Gasteiger charge is 2.23. The van der Waals surface area contributed by atoms with Gasteiger partial charge in [0.25, 0.3) is 0 Å². The van der Waals surface area contributed by atoms with Crippen molar-refractivity contribution in [3.63, 3.8) is 0 Å². The molecular formula is C21H25N3OS. The van der Waals surface area contributed by atoms with Gasteiger partial charge >= 0.3 is 0 Å². The maximum Gasteiger partial charge on any atom is 0.227 e. The number of nitrogens with zero attached hydrogens (tertiary/aromatic N) is 1. The molecule has 26 heavy (non-hydrogen) atoms. The zero-order valence-corrected chi connectivity index (χ0v) is 16.3. The quantitative estimate of drug-likeness (QED) is 0.782. The van der Waals surface area contributed by atoms with E-state index < -0.39 is 0 Å². The highest BCUT2D eigenvalue weighted by atomic mass is 32.1. The van der Waals surface area contributed by atoms with Crippen LogP contribution in [0.3, 0.4) is 0 Å². The lowest BCUT2D eigenvalue weighted by molar-refractivity contribution is -0.117. The number of carbonyl (C=O) groups excluding carboxylic acids is 1. The number of hydrogen-bond acceptors (Lipinski definition) is 2. The number of benzene rings is 2. The van der Waals surface area contributed by atoms with E-state index in [0.29, 0.717) is 11.5 Å². The molecule has 0 aromatic heterocycles. The molecule has 1 saturated heterocycles. The predicted molar refractivity (Wildman–Crippen MR) is 112 cm³/mol. The van der Waals surface area contributed by atoms with E-state index in [9.17, 15) is 4.79 Å². The summed E-state index contributed by atoms with van der Waals surface area (Å²) in [4.78, 5) is 13.8. The van der Waals surface area contributed by atoms with Crippen molar-refractivity contribution in [2.24, 2.45) is 0 Å². The van der Waals surface area contributed by atoms with Crippen molar-refractivity contribution in [1.82, 2.24) is 5.32 Å². The van der Waals surface area contributed by atoms with Crippen molar-refractivity contribution in [2.75, 3.05) is 16.8 Å². The molecule has 1 fully saturated rings. The monoisotopic (exact) mass is 367 g/mol. The topological polar surface area (TPSA) is 44.4 Å².